The van der Waals surface area contributed by atoms with E-state index in [-0.39, 0.29) is 16.4 Å². The molecule has 0 unspecified atom stereocenters. The summed E-state index contributed by atoms with van der Waals surface area (Å²) < 4.78 is 1.08. The Kier molecular flexibility index (Phi) is 6.36. The second-order valence-electron chi connectivity index (χ2n) is 5.71. The highest BCUT2D eigenvalue weighted by Gasteiger charge is 2.11. The monoisotopic (exact) mass is 397 g/mol. The summed E-state index contributed by atoms with van der Waals surface area (Å²) in [6.07, 6.45) is 2.65. The Bertz CT molecular complexity index is 1080. The van der Waals surface area contributed by atoms with E-state index in [9.17, 15) is 19.7 Å². The number of nitro benzene ring substituents is 1. The molecule has 0 fully saturated rings. The van der Waals surface area contributed by atoms with Crippen molar-refractivity contribution in [3.8, 4) is 6.07 Å². The van der Waals surface area contributed by atoms with Crippen LogP contribution in [0.3, 0.4) is 0 Å². The van der Waals surface area contributed by atoms with E-state index in [1.807, 2.05) is 6.07 Å². The second-order valence-corrected chi connectivity index (χ2v) is 6.12. The van der Waals surface area contributed by atoms with Gasteiger partial charge in [-0.25, -0.2) is 4.68 Å². The van der Waals surface area contributed by atoms with Gasteiger partial charge in [0.2, 0.25) is 5.91 Å². The van der Waals surface area contributed by atoms with Gasteiger partial charge in [-0.3, -0.25) is 30.4 Å². The number of aryl methyl sites for hydroxylation is 2. The van der Waals surface area contributed by atoms with Crippen LogP contribution in [0.15, 0.2) is 41.2 Å². The van der Waals surface area contributed by atoms with E-state index in [1.165, 1.54) is 36.4 Å². The maximum Gasteiger partial charge on any atom is 0.287 e. The summed E-state index contributed by atoms with van der Waals surface area (Å²) in [6.45, 7) is 3.31. The van der Waals surface area contributed by atoms with Crippen LogP contribution in [0.1, 0.15) is 22.4 Å². The number of thiocarbonyl (C=S) groups is 1. The lowest BCUT2D eigenvalue weighted by Gasteiger charge is -2.14. The molecule has 1 aromatic heterocycles. The molecule has 1 heterocycles. The van der Waals surface area contributed by atoms with Gasteiger partial charge >= 0.3 is 0 Å². The summed E-state index contributed by atoms with van der Waals surface area (Å²) in [5.74, 6) is -0.561. The Morgan fingerprint density at radius 1 is 1.32 bits per heavy atom. The van der Waals surface area contributed by atoms with Gasteiger partial charge in [0, 0.05) is 23.9 Å². The van der Waals surface area contributed by atoms with Crippen molar-refractivity contribution in [1.82, 2.24) is 9.99 Å². The first kappa shape index (κ1) is 20.5. The molecule has 0 atom stereocenters. The van der Waals surface area contributed by atoms with Gasteiger partial charge in [-0.2, -0.15) is 5.26 Å². The van der Waals surface area contributed by atoms with Crippen LogP contribution in [0.25, 0.3) is 6.08 Å². The quantitative estimate of drug-likeness (QED) is 0.349. The third-order valence-electron chi connectivity index (χ3n) is 3.68. The van der Waals surface area contributed by atoms with E-state index in [4.69, 9.17) is 17.5 Å². The molecule has 28 heavy (non-hydrogen) atoms. The van der Waals surface area contributed by atoms with E-state index >= 15 is 0 Å². The fourth-order valence-electron chi connectivity index (χ4n) is 2.33. The molecule has 0 spiro atoms. The van der Waals surface area contributed by atoms with E-state index < -0.39 is 16.4 Å². The van der Waals surface area contributed by atoms with Crippen LogP contribution in [-0.4, -0.2) is 20.6 Å². The number of nitrogens with one attached hydrogen (secondary N) is 2. The summed E-state index contributed by atoms with van der Waals surface area (Å²) in [7, 11) is 0. The molecule has 142 valence electrons. The molecule has 2 rings (SSSR count). The van der Waals surface area contributed by atoms with E-state index in [1.54, 1.807) is 19.9 Å². The number of non-ortho nitro benzene ring substituents is 1. The number of nitrogens with zero attached hydrogens (tertiary/aromatic N) is 3. The third kappa shape index (κ3) is 4.87. The highest BCUT2D eigenvalue weighted by Crippen LogP contribution is 2.12. The van der Waals surface area contributed by atoms with Crippen LogP contribution < -0.4 is 16.3 Å². The Morgan fingerprint density at radius 3 is 2.54 bits per heavy atom. The van der Waals surface area contributed by atoms with Crippen molar-refractivity contribution < 1.29 is 9.72 Å². The molecule has 1 aromatic carbocycles. The fourth-order valence-corrected chi connectivity index (χ4v) is 2.52. The van der Waals surface area contributed by atoms with Crippen molar-refractivity contribution >= 4 is 35.0 Å². The van der Waals surface area contributed by atoms with Crippen LogP contribution >= 0.6 is 12.2 Å². The van der Waals surface area contributed by atoms with Gasteiger partial charge in [0.25, 0.3) is 11.2 Å². The first-order valence-corrected chi connectivity index (χ1v) is 8.31. The van der Waals surface area contributed by atoms with Crippen molar-refractivity contribution in [3.05, 3.63) is 79.3 Å². The van der Waals surface area contributed by atoms with Crippen molar-refractivity contribution in [1.29, 1.82) is 5.26 Å². The number of hydrogen-bond donors (Lipinski definition) is 2. The standard InChI is InChI=1S/C18H15N5O4S/c1-11-9-12(2)22(17(25)15(11)10-19)21-18(28)20-16(24)8-5-13-3-6-14(7-4-13)23(26)27/h3-9H,1-2H3,(H2,20,21,24,28)/b8-5+. The summed E-state index contributed by atoms with van der Waals surface area (Å²) in [5.41, 5.74) is 3.57. The van der Waals surface area contributed by atoms with Crippen molar-refractivity contribution in [2.45, 2.75) is 13.8 Å². The largest absolute Gasteiger partial charge is 0.298 e. The molecule has 2 N–H and O–H groups in total. The molecular formula is C18H15N5O4S. The van der Waals surface area contributed by atoms with Crippen LogP contribution in [0.2, 0.25) is 0 Å². The molecular weight excluding hydrogens is 382 g/mol. The Balaban J connectivity index is 2.05. The van der Waals surface area contributed by atoms with Gasteiger partial charge in [-0.1, -0.05) is 0 Å². The number of aromatic nitrogens is 1. The minimum atomic E-state index is -0.571. The first-order valence-electron chi connectivity index (χ1n) is 7.90. The summed E-state index contributed by atoms with van der Waals surface area (Å²) in [4.78, 5) is 34.4. The molecule has 0 aliphatic heterocycles. The Hall–Kier alpha value is -3.84. The first-order chi connectivity index (χ1) is 13.2. The molecule has 10 heteroatoms. The topological polar surface area (TPSA) is 130 Å². The minimum Gasteiger partial charge on any atom is -0.298 e. The zero-order valence-corrected chi connectivity index (χ0v) is 15.7. The van der Waals surface area contributed by atoms with E-state index in [0.717, 1.165) is 4.68 Å². The van der Waals surface area contributed by atoms with Gasteiger partial charge in [0.05, 0.1) is 4.92 Å². The fraction of sp³-hybridized carbons (Fsp3) is 0.111. The number of nitro groups is 1. The SMILES string of the molecule is Cc1cc(C)n(NC(=S)NC(=O)/C=C/c2ccc([N+](=O)[O-])cc2)c(=O)c1C#N. The molecule has 0 saturated carbocycles. The van der Waals surface area contributed by atoms with Gasteiger partial charge in [-0.15, -0.1) is 0 Å². The number of carbonyl (C=O) groups is 1. The number of carbonyl (C=O) groups excluding carboxylic acids is 1. The number of rotatable bonds is 4. The summed E-state index contributed by atoms with van der Waals surface area (Å²) >= 11 is 5.03. The van der Waals surface area contributed by atoms with Gasteiger partial charge < -0.3 is 0 Å². The van der Waals surface area contributed by atoms with Gasteiger partial charge in [-0.05, 0) is 61.5 Å². The Labute approximate surface area is 165 Å². The molecule has 2 aromatic rings. The molecule has 0 saturated heterocycles. The van der Waals surface area contributed by atoms with Crippen molar-refractivity contribution in [3.63, 3.8) is 0 Å². The molecule has 0 radical (unpaired) electrons. The van der Waals surface area contributed by atoms with Crippen molar-refractivity contribution in [2.24, 2.45) is 0 Å². The Morgan fingerprint density at radius 2 is 1.96 bits per heavy atom. The molecule has 0 aliphatic carbocycles. The van der Waals surface area contributed by atoms with Gasteiger partial charge in [0.1, 0.15) is 11.6 Å². The molecule has 0 aliphatic rings. The lowest BCUT2D eigenvalue weighted by atomic mass is 10.1. The number of nitriles is 1. The minimum absolute atomic E-state index is 0.0229. The summed E-state index contributed by atoms with van der Waals surface area (Å²) in [6, 6.07) is 9.12. The predicted octanol–water partition coefficient (Wildman–Crippen LogP) is 1.90. The normalized spacial score (nSPS) is 10.3. The third-order valence-corrected chi connectivity index (χ3v) is 3.88. The lowest BCUT2D eigenvalue weighted by molar-refractivity contribution is -0.384. The van der Waals surface area contributed by atoms with Crippen molar-refractivity contribution in [2.75, 3.05) is 5.43 Å². The van der Waals surface area contributed by atoms with Gasteiger partial charge in [0.15, 0.2) is 5.11 Å². The number of amides is 1. The smallest absolute Gasteiger partial charge is 0.287 e. The highest BCUT2D eigenvalue weighted by atomic mass is 32.1. The predicted molar refractivity (Wildman–Crippen MR) is 107 cm³/mol. The zero-order chi connectivity index (χ0) is 20.8. The van der Waals surface area contributed by atoms with Crippen LogP contribution in [0, 0.1) is 35.3 Å². The maximum atomic E-state index is 12.3. The number of benzene rings is 1. The maximum absolute atomic E-state index is 12.3. The number of hydrogen-bond acceptors (Lipinski definition) is 6. The van der Waals surface area contributed by atoms with Crippen LogP contribution in [0.5, 0.6) is 0 Å². The molecule has 9 nitrogen and oxygen atoms in total. The number of pyridine rings is 1. The molecule has 1 amide bonds. The zero-order valence-electron chi connectivity index (χ0n) is 14.9. The second kappa shape index (κ2) is 8.70. The highest BCUT2D eigenvalue weighted by molar-refractivity contribution is 7.80. The average molecular weight is 397 g/mol. The van der Waals surface area contributed by atoms with Crippen LogP contribution in [-0.2, 0) is 4.79 Å². The molecule has 0 bridgehead atoms. The lowest BCUT2D eigenvalue weighted by Crippen LogP contribution is -2.42. The van der Waals surface area contributed by atoms with E-state index in [0.29, 0.717) is 16.8 Å². The van der Waals surface area contributed by atoms with E-state index in [2.05, 4.69) is 10.7 Å². The van der Waals surface area contributed by atoms with Crippen LogP contribution in [0.4, 0.5) is 5.69 Å². The summed E-state index contributed by atoms with van der Waals surface area (Å²) in [5, 5.41) is 21.9. The average Bonchev–Trinajstić information content (AvgIpc) is 2.64.